The zero-order chi connectivity index (χ0) is 14.5. The Labute approximate surface area is 115 Å². The van der Waals surface area contributed by atoms with E-state index >= 15 is 0 Å². The number of amides is 1. The first-order valence-corrected chi connectivity index (χ1v) is 7.18. The molecule has 5 nitrogen and oxygen atoms in total. The quantitative estimate of drug-likeness (QED) is 0.728. The summed E-state index contributed by atoms with van der Waals surface area (Å²) >= 11 is 0. The fraction of sp³-hybridized carbons (Fsp3) is 0.929. The molecule has 0 saturated heterocycles. The minimum atomic E-state index is -0.452. The van der Waals surface area contributed by atoms with Crippen LogP contribution in [0.4, 0.5) is 4.79 Å². The van der Waals surface area contributed by atoms with Gasteiger partial charge in [-0.2, -0.15) is 0 Å². The van der Waals surface area contributed by atoms with Gasteiger partial charge < -0.3 is 20.9 Å². The summed E-state index contributed by atoms with van der Waals surface area (Å²) in [5, 5.41) is 12.4. The van der Waals surface area contributed by atoms with Crippen LogP contribution in [0.5, 0.6) is 0 Å². The van der Waals surface area contributed by atoms with Gasteiger partial charge in [-0.1, -0.05) is 0 Å². The summed E-state index contributed by atoms with van der Waals surface area (Å²) in [6.07, 6.45) is 3.99. The Morgan fingerprint density at radius 3 is 2.42 bits per heavy atom. The molecule has 1 amide bonds. The number of aliphatic hydroxyl groups is 1. The molecule has 1 aliphatic rings. The van der Waals surface area contributed by atoms with E-state index in [0.717, 1.165) is 32.1 Å². The van der Waals surface area contributed by atoms with Crippen molar-refractivity contribution in [3.63, 3.8) is 0 Å². The molecular formula is C14H28N2O3. The van der Waals surface area contributed by atoms with Gasteiger partial charge in [0, 0.05) is 12.6 Å². The van der Waals surface area contributed by atoms with E-state index in [1.54, 1.807) is 0 Å². The van der Waals surface area contributed by atoms with Crippen molar-refractivity contribution in [2.75, 3.05) is 6.54 Å². The highest BCUT2D eigenvalue weighted by Crippen LogP contribution is 2.28. The van der Waals surface area contributed by atoms with Crippen LogP contribution >= 0.6 is 0 Å². The Bertz CT molecular complexity index is 281. The standard InChI is InChI=1S/C14H28N2O3/c1-14(2,3)19-13(18)16-11-6-4-10(5-7-11)8-12(17)9-15/h10-12,17H,4-9,15H2,1-3H3,(H,16,18). The first kappa shape index (κ1) is 16.2. The number of nitrogens with two attached hydrogens (primary N) is 1. The maximum atomic E-state index is 11.6. The van der Waals surface area contributed by atoms with Crippen LogP contribution < -0.4 is 11.1 Å². The third-order valence-corrected chi connectivity index (χ3v) is 3.45. The van der Waals surface area contributed by atoms with E-state index in [1.807, 2.05) is 20.8 Å². The molecule has 0 aromatic carbocycles. The number of ether oxygens (including phenoxy) is 1. The van der Waals surface area contributed by atoms with Crippen molar-refractivity contribution in [3.05, 3.63) is 0 Å². The highest BCUT2D eigenvalue weighted by Gasteiger charge is 2.25. The van der Waals surface area contributed by atoms with Gasteiger partial charge in [-0.05, 0) is 58.8 Å². The zero-order valence-corrected chi connectivity index (χ0v) is 12.3. The average molecular weight is 272 g/mol. The van der Waals surface area contributed by atoms with Crippen LogP contribution in [-0.4, -0.2) is 35.5 Å². The third kappa shape index (κ3) is 6.78. The Hall–Kier alpha value is -0.810. The molecule has 4 N–H and O–H groups in total. The summed E-state index contributed by atoms with van der Waals surface area (Å²) in [5.41, 5.74) is 4.97. The number of rotatable bonds is 4. The monoisotopic (exact) mass is 272 g/mol. The van der Waals surface area contributed by atoms with E-state index in [9.17, 15) is 9.90 Å². The minimum absolute atomic E-state index is 0.195. The molecule has 0 aromatic rings. The molecule has 0 spiro atoms. The van der Waals surface area contributed by atoms with Gasteiger partial charge in [-0.15, -0.1) is 0 Å². The zero-order valence-electron chi connectivity index (χ0n) is 12.3. The Kier molecular flexibility index (Phi) is 6.07. The van der Waals surface area contributed by atoms with E-state index < -0.39 is 5.60 Å². The topological polar surface area (TPSA) is 84.6 Å². The predicted molar refractivity (Wildman–Crippen MR) is 74.8 cm³/mol. The van der Waals surface area contributed by atoms with Crippen molar-refractivity contribution >= 4 is 6.09 Å². The molecule has 5 heteroatoms. The second kappa shape index (κ2) is 7.10. The largest absolute Gasteiger partial charge is 0.444 e. The van der Waals surface area contributed by atoms with Crippen LogP contribution in [0.2, 0.25) is 0 Å². The highest BCUT2D eigenvalue weighted by atomic mass is 16.6. The van der Waals surface area contributed by atoms with Crippen molar-refractivity contribution in [1.82, 2.24) is 5.32 Å². The van der Waals surface area contributed by atoms with Crippen molar-refractivity contribution in [1.29, 1.82) is 0 Å². The Morgan fingerprint density at radius 2 is 1.95 bits per heavy atom. The summed E-state index contributed by atoms with van der Waals surface area (Å²) < 4.78 is 5.24. The molecular weight excluding hydrogens is 244 g/mol. The van der Waals surface area contributed by atoms with Gasteiger partial charge in [0.2, 0.25) is 0 Å². The number of aliphatic hydroxyl groups excluding tert-OH is 1. The van der Waals surface area contributed by atoms with E-state index in [0.29, 0.717) is 12.5 Å². The summed E-state index contributed by atoms with van der Waals surface area (Å²) in [7, 11) is 0. The molecule has 1 fully saturated rings. The average Bonchev–Trinajstić information content (AvgIpc) is 2.29. The van der Waals surface area contributed by atoms with Crippen molar-refractivity contribution < 1.29 is 14.6 Å². The summed E-state index contributed by atoms with van der Waals surface area (Å²) in [6.45, 7) is 5.91. The summed E-state index contributed by atoms with van der Waals surface area (Å²) in [4.78, 5) is 11.6. The first-order valence-electron chi connectivity index (χ1n) is 7.18. The second-order valence-corrected chi connectivity index (χ2v) is 6.49. The van der Waals surface area contributed by atoms with Gasteiger partial charge in [0.15, 0.2) is 0 Å². The molecule has 112 valence electrons. The van der Waals surface area contributed by atoms with Gasteiger partial charge in [0.05, 0.1) is 6.10 Å². The molecule has 1 rings (SSSR count). The lowest BCUT2D eigenvalue weighted by Gasteiger charge is -2.30. The molecule has 0 bridgehead atoms. The number of alkyl carbamates (subject to hydrolysis) is 1. The molecule has 19 heavy (non-hydrogen) atoms. The molecule has 0 heterocycles. The lowest BCUT2D eigenvalue weighted by atomic mass is 9.83. The number of carbonyl (C=O) groups is 1. The third-order valence-electron chi connectivity index (χ3n) is 3.45. The Morgan fingerprint density at radius 1 is 1.37 bits per heavy atom. The summed E-state index contributed by atoms with van der Waals surface area (Å²) in [6, 6.07) is 0.195. The van der Waals surface area contributed by atoms with Crippen molar-refractivity contribution in [2.45, 2.75) is 70.6 Å². The normalized spacial score (nSPS) is 25.7. The van der Waals surface area contributed by atoms with Crippen LogP contribution in [0.15, 0.2) is 0 Å². The van der Waals surface area contributed by atoms with Gasteiger partial charge in [0.25, 0.3) is 0 Å². The first-order chi connectivity index (χ1) is 8.80. The van der Waals surface area contributed by atoms with Gasteiger partial charge in [0.1, 0.15) is 5.60 Å². The Balaban J connectivity index is 2.25. The molecule has 0 radical (unpaired) electrons. The smallest absolute Gasteiger partial charge is 0.407 e. The van der Waals surface area contributed by atoms with Crippen LogP contribution in [0.1, 0.15) is 52.9 Å². The molecule has 1 saturated carbocycles. The second-order valence-electron chi connectivity index (χ2n) is 6.49. The van der Waals surface area contributed by atoms with Crippen LogP contribution in [0.25, 0.3) is 0 Å². The maximum absolute atomic E-state index is 11.6. The van der Waals surface area contributed by atoms with Crippen molar-refractivity contribution in [2.24, 2.45) is 11.7 Å². The van der Waals surface area contributed by atoms with Gasteiger partial charge >= 0.3 is 6.09 Å². The number of carbonyl (C=O) groups excluding carboxylic acids is 1. The van der Waals surface area contributed by atoms with Crippen LogP contribution in [-0.2, 0) is 4.74 Å². The lowest BCUT2D eigenvalue weighted by Crippen LogP contribution is -2.41. The highest BCUT2D eigenvalue weighted by molar-refractivity contribution is 5.68. The van der Waals surface area contributed by atoms with E-state index in [1.165, 1.54) is 0 Å². The lowest BCUT2D eigenvalue weighted by molar-refractivity contribution is 0.0480. The maximum Gasteiger partial charge on any atom is 0.407 e. The van der Waals surface area contributed by atoms with Crippen LogP contribution in [0.3, 0.4) is 0 Å². The summed E-state index contributed by atoms with van der Waals surface area (Å²) in [5.74, 6) is 0.523. The fourth-order valence-corrected chi connectivity index (χ4v) is 2.50. The van der Waals surface area contributed by atoms with E-state index in [-0.39, 0.29) is 18.2 Å². The van der Waals surface area contributed by atoms with E-state index in [2.05, 4.69) is 5.32 Å². The number of nitrogens with one attached hydrogen (secondary N) is 1. The number of hydrogen-bond donors (Lipinski definition) is 3. The molecule has 1 atom stereocenters. The molecule has 0 aromatic heterocycles. The molecule has 1 unspecified atom stereocenters. The van der Waals surface area contributed by atoms with Gasteiger partial charge in [-0.3, -0.25) is 0 Å². The molecule has 0 aliphatic heterocycles. The van der Waals surface area contributed by atoms with E-state index in [4.69, 9.17) is 10.5 Å². The SMILES string of the molecule is CC(C)(C)OC(=O)NC1CCC(CC(O)CN)CC1. The fourth-order valence-electron chi connectivity index (χ4n) is 2.50. The van der Waals surface area contributed by atoms with Crippen LogP contribution in [0, 0.1) is 5.92 Å². The minimum Gasteiger partial charge on any atom is -0.444 e. The predicted octanol–water partition coefficient (Wildman–Crippen LogP) is 1.78. The number of hydrogen-bond acceptors (Lipinski definition) is 4. The van der Waals surface area contributed by atoms with Crippen molar-refractivity contribution in [3.8, 4) is 0 Å². The molecule has 1 aliphatic carbocycles. The van der Waals surface area contributed by atoms with Gasteiger partial charge in [-0.25, -0.2) is 4.79 Å².